The Bertz CT molecular complexity index is 1240. The standard InChI is InChI=1S/C17H13ClF4N4O5S/c1-24-11(17(20,21)22)4-12(27)26(16(24)31)10-3-9(7(18)2-8(10)19)23-15-25(5-14(29)30)13(28)6-32-15/h2-4,13,28H,5-6H2,1H3,(H,29,30). The highest BCUT2D eigenvalue weighted by Crippen LogP contribution is 2.33. The van der Waals surface area contributed by atoms with Gasteiger partial charge in [0.25, 0.3) is 5.56 Å². The Morgan fingerprint density at radius 1 is 1.31 bits per heavy atom. The Hall–Kier alpha value is -2.84. The number of aliphatic hydroxyl groups excluding tert-OH is 1. The van der Waals surface area contributed by atoms with Crippen molar-refractivity contribution in [3.05, 3.63) is 55.6 Å². The van der Waals surface area contributed by atoms with Crippen LogP contribution in [0.25, 0.3) is 5.69 Å². The van der Waals surface area contributed by atoms with Crippen LogP contribution in [0, 0.1) is 5.82 Å². The van der Waals surface area contributed by atoms with Crippen LogP contribution in [0.15, 0.2) is 32.8 Å². The first-order valence-electron chi connectivity index (χ1n) is 8.59. The van der Waals surface area contributed by atoms with E-state index in [9.17, 15) is 37.1 Å². The highest BCUT2D eigenvalue weighted by molar-refractivity contribution is 8.14. The van der Waals surface area contributed by atoms with Gasteiger partial charge in [0.05, 0.1) is 16.4 Å². The molecule has 1 aromatic heterocycles. The van der Waals surface area contributed by atoms with Gasteiger partial charge in [0.15, 0.2) is 5.17 Å². The summed E-state index contributed by atoms with van der Waals surface area (Å²) in [6.45, 7) is -0.600. The maximum absolute atomic E-state index is 14.6. The third kappa shape index (κ3) is 4.52. The second kappa shape index (κ2) is 8.60. The Morgan fingerprint density at radius 3 is 2.56 bits per heavy atom. The van der Waals surface area contributed by atoms with Gasteiger partial charge in [-0.25, -0.2) is 18.7 Å². The minimum atomic E-state index is -4.99. The van der Waals surface area contributed by atoms with Crippen molar-refractivity contribution in [1.29, 1.82) is 0 Å². The third-order valence-electron chi connectivity index (χ3n) is 4.36. The molecule has 0 radical (unpaired) electrons. The minimum absolute atomic E-state index is 0.0204. The number of alkyl halides is 3. The number of hydrogen-bond acceptors (Lipinski definition) is 6. The van der Waals surface area contributed by atoms with Crippen molar-refractivity contribution in [3.8, 4) is 5.69 Å². The Kier molecular flexibility index (Phi) is 6.40. The largest absolute Gasteiger partial charge is 0.480 e. The number of carbonyl (C=O) groups is 1. The zero-order chi connectivity index (χ0) is 24.0. The molecule has 1 unspecified atom stereocenters. The molecule has 1 aliphatic rings. The van der Waals surface area contributed by atoms with E-state index in [1.807, 2.05) is 0 Å². The van der Waals surface area contributed by atoms with Crippen molar-refractivity contribution in [2.24, 2.45) is 12.0 Å². The zero-order valence-corrected chi connectivity index (χ0v) is 17.5. The number of rotatable bonds is 4. The quantitative estimate of drug-likeness (QED) is 0.620. The van der Waals surface area contributed by atoms with Crippen molar-refractivity contribution in [2.75, 3.05) is 12.3 Å². The maximum atomic E-state index is 14.6. The molecule has 0 bridgehead atoms. The average Bonchev–Trinajstić information content (AvgIpc) is 3.00. The highest BCUT2D eigenvalue weighted by Gasteiger charge is 2.35. The normalized spacial score (nSPS) is 17.9. The van der Waals surface area contributed by atoms with E-state index in [0.717, 1.165) is 29.8 Å². The molecule has 1 atom stereocenters. The molecule has 9 nitrogen and oxygen atoms in total. The van der Waals surface area contributed by atoms with E-state index < -0.39 is 53.4 Å². The van der Waals surface area contributed by atoms with E-state index >= 15 is 0 Å². The number of hydrogen-bond donors (Lipinski definition) is 2. The number of halogens is 5. The topological polar surface area (TPSA) is 117 Å². The first-order chi connectivity index (χ1) is 14.8. The number of aliphatic carboxylic acids is 1. The summed E-state index contributed by atoms with van der Waals surface area (Å²) in [6, 6.07) is 1.72. The summed E-state index contributed by atoms with van der Waals surface area (Å²) in [5.74, 6) is -2.36. The smallest absolute Gasteiger partial charge is 0.431 e. The average molecular weight is 497 g/mol. The van der Waals surface area contributed by atoms with Crippen molar-refractivity contribution < 1.29 is 32.6 Å². The number of carboxylic acids is 1. The number of aliphatic hydroxyl groups is 1. The number of carboxylic acid groups (broad SMARTS) is 1. The summed E-state index contributed by atoms with van der Waals surface area (Å²) in [5, 5.41) is 18.6. The van der Waals surface area contributed by atoms with Crippen molar-refractivity contribution >= 4 is 40.2 Å². The van der Waals surface area contributed by atoms with E-state index in [1.54, 1.807) is 0 Å². The van der Waals surface area contributed by atoms with Crippen molar-refractivity contribution in [2.45, 2.75) is 12.4 Å². The summed E-state index contributed by atoms with van der Waals surface area (Å²) in [6.07, 6.45) is -6.16. The molecule has 2 heterocycles. The van der Waals surface area contributed by atoms with Gasteiger partial charge in [-0.3, -0.25) is 14.2 Å². The molecule has 0 aliphatic carbocycles. The first-order valence-corrected chi connectivity index (χ1v) is 9.95. The van der Waals surface area contributed by atoms with Gasteiger partial charge in [-0.15, -0.1) is 0 Å². The zero-order valence-electron chi connectivity index (χ0n) is 15.9. The second-order valence-corrected chi connectivity index (χ2v) is 7.90. The van der Waals surface area contributed by atoms with Gasteiger partial charge in [0, 0.05) is 18.9 Å². The lowest BCUT2D eigenvalue weighted by Crippen LogP contribution is -2.41. The summed E-state index contributed by atoms with van der Waals surface area (Å²) in [4.78, 5) is 40.9. The fourth-order valence-corrected chi connectivity index (χ4v) is 4.06. The SMILES string of the molecule is Cn1c(C(F)(F)F)cc(=O)n(-c2cc(N=C3SCC(O)N3CC(=O)O)c(Cl)cc2F)c1=O. The van der Waals surface area contributed by atoms with Gasteiger partial charge in [0.2, 0.25) is 0 Å². The number of aliphatic imine (C=N–C) groups is 1. The summed E-state index contributed by atoms with van der Waals surface area (Å²) < 4.78 is 54.0. The Balaban J connectivity index is 2.17. The van der Waals surface area contributed by atoms with Crippen LogP contribution in [0.2, 0.25) is 5.02 Å². The molecule has 32 heavy (non-hydrogen) atoms. The Labute approximate surface area is 185 Å². The van der Waals surface area contributed by atoms with Gasteiger partial charge in [0.1, 0.15) is 24.3 Å². The fraction of sp³-hybridized carbons (Fsp3) is 0.294. The molecule has 2 N–H and O–H groups in total. The van der Waals surface area contributed by atoms with Crippen LogP contribution < -0.4 is 11.2 Å². The summed E-state index contributed by atoms with van der Waals surface area (Å²) in [7, 11) is 0.774. The maximum Gasteiger partial charge on any atom is 0.431 e. The highest BCUT2D eigenvalue weighted by atomic mass is 35.5. The molecule has 15 heteroatoms. The van der Waals surface area contributed by atoms with E-state index in [-0.39, 0.29) is 36.8 Å². The molecule has 1 fully saturated rings. The lowest BCUT2D eigenvalue weighted by molar-refractivity contribution is -0.144. The molecule has 0 spiro atoms. The summed E-state index contributed by atoms with van der Waals surface area (Å²) in [5.41, 5.74) is -5.31. The van der Waals surface area contributed by atoms with Gasteiger partial charge < -0.3 is 15.1 Å². The van der Waals surface area contributed by atoms with E-state index in [0.29, 0.717) is 6.07 Å². The van der Waals surface area contributed by atoms with Gasteiger partial charge in [-0.2, -0.15) is 13.2 Å². The van der Waals surface area contributed by atoms with Gasteiger partial charge >= 0.3 is 17.8 Å². The number of amidine groups is 1. The first kappa shape index (κ1) is 23.8. The fourth-order valence-electron chi connectivity index (χ4n) is 2.87. The molecule has 1 saturated heterocycles. The molecular formula is C17H13ClF4N4O5S. The van der Waals surface area contributed by atoms with Crippen LogP contribution >= 0.6 is 23.4 Å². The van der Waals surface area contributed by atoms with E-state index in [4.69, 9.17) is 16.7 Å². The summed E-state index contributed by atoms with van der Waals surface area (Å²) >= 11 is 6.95. The van der Waals surface area contributed by atoms with Crippen LogP contribution in [-0.4, -0.2) is 53.9 Å². The van der Waals surface area contributed by atoms with Crippen molar-refractivity contribution in [3.63, 3.8) is 0 Å². The van der Waals surface area contributed by atoms with Crippen LogP contribution in [0.1, 0.15) is 5.69 Å². The third-order valence-corrected chi connectivity index (χ3v) is 5.71. The molecule has 172 valence electrons. The molecule has 1 aromatic carbocycles. The Morgan fingerprint density at radius 2 is 1.97 bits per heavy atom. The van der Waals surface area contributed by atoms with Crippen LogP contribution in [0.4, 0.5) is 23.2 Å². The number of benzene rings is 1. The van der Waals surface area contributed by atoms with Crippen molar-refractivity contribution in [1.82, 2.24) is 14.0 Å². The second-order valence-electron chi connectivity index (χ2n) is 6.51. The van der Waals surface area contributed by atoms with Gasteiger partial charge in [-0.1, -0.05) is 23.4 Å². The molecular weight excluding hydrogens is 484 g/mol. The van der Waals surface area contributed by atoms with Crippen LogP contribution in [0.5, 0.6) is 0 Å². The van der Waals surface area contributed by atoms with E-state index in [1.165, 1.54) is 0 Å². The number of nitrogens with zero attached hydrogens (tertiary/aromatic N) is 4. The number of aromatic nitrogens is 2. The molecule has 0 amide bonds. The number of thioether (sulfide) groups is 1. The predicted molar refractivity (Wildman–Crippen MR) is 107 cm³/mol. The van der Waals surface area contributed by atoms with Crippen LogP contribution in [-0.2, 0) is 18.0 Å². The lowest BCUT2D eigenvalue weighted by Gasteiger charge is -2.19. The lowest BCUT2D eigenvalue weighted by atomic mass is 10.2. The van der Waals surface area contributed by atoms with Gasteiger partial charge in [-0.05, 0) is 12.1 Å². The molecule has 1 aliphatic heterocycles. The van der Waals surface area contributed by atoms with E-state index in [2.05, 4.69) is 4.99 Å². The predicted octanol–water partition coefficient (Wildman–Crippen LogP) is 1.79. The molecule has 2 aromatic rings. The van der Waals surface area contributed by atoms with Crippen LogP contribution in [0.3, 0.4) is 0 Å². The monoisotopic (exact) mass is 496 g/mol. The molecule has 3 rings (SSSR count). The minimum Gasteiger partial charge on any atom is -0.480 e. The molecule has 0 saturated carbocycles.